The molecule has 2 amide bonds. The van der Waals surface area contributed by atoms with Gasteiger partial charge < -0.3 is 14.8 Å². The second-order valence-electron chi connectivity index (χ2n) is 7.25. The summed E-state index contributed by atoms with van der Waals surface area (Å²) in [6.07, 6.45) is 0.699. The van der Waals surface area contributed by atoms with E-state index in [0.29, 0.717) is 35.2 Å². The van der Waals surface area contributed by atoms with E-state index >= 15 is 0 Å². The molecule has 3 aromatic rings. The summed E-state index contributed by atoms with van der Waals surface area (Å²) >= 11 is 1.31. The molecule has 32 heavy (non-hydrogen) atoms. The third-order valence-corrected chi connectivity index (χ3v) is 5.58. The third kappa shape index (κ3) is 4.94. The van der Waals surface area contributed by atoms with Crippen LogP contribution in [0.4, 0.5) is 5.13 Å². The zero-order valence-electron chi connectivity index (χ0n) is 17.5. The van der Waals surface area contributed by atoms with Crippen molar-refractivity contribution in [3.05, 3.63) is 59.0 Å². The Labute approximate surface area is 188 Å². The van der Waals surface area contributed by atoms with Gasteiger partial charge in [0.25, 0.3) is 5.91 Å². The van der Waals surface area contributed by atoms with Crippen molar-refractivity contribution in [2.75, 3.05) is 11.9 Å². The molecule has 0 fully saturated rings. The average molecular weight is 452 g/mol. The maximum absolute atomic E-state index is 12.5. The topological polar surface area (TPSA) is 107 Å². The van der Waals surface area contributed by atoms with Crippen LogP contribution in [-0.2, 0) is 9.59 Å². The first-order valence-corrected chi connectivity index (χ1v) is 10.9. The van der Waals surface area contributed by atoms with Crippen LogP contribution in [0.2, 0.25) is 0 Å². The van der Waals surface area contributed by atoms with Crippen LogP contribution in [0.15, 0.2) is 47.8 Å². The number of carbonyl (C=O) groups is 3. The molecule has 1 aromatic heterocycles. The molecular weight excluding hydrogens is 430 g/mol. The van der Waals surface area contributed by atoms with Crippen LogP contribution in [0.5, 0.6) is 11.5 Å². The van der Waals surface area contributed by atoms with E-state index in [2.05, 4.69) is 15.6 Å². The van der Waals surface area contributed by atoms with Gasteiger partial charge >= 0.3 is 5.97 Å². The molecule has 9 heteroatoms. The minimum atomic E-state index is -0.422. The van der Waals surface area contributed by atoms with Crippen molar-refractivity contribution in [1.82, 2.24) is 10.3 Å². The second kappa shape index (κ2) is 9.19. The number of thiazole rings is 1. The van der Waals surface area contributed by atoms with E-state index in [4.69, 9.17) is 9.47 Å². The quantitative estimate of drug-likeness (QED) is 0.449. The standard InChI is InChI=1S/C23H21N3O5S/c1-13(27)24-19-9-10-30-21-8-5-16(11-18(19)21)20-12-32-23(25-20)26-22(29)15-3-6-17(7-4-15)31-14(2)28/h3-8,11-12,19H,9-10H2,1-2H3,(H,24,27)(H,25,26,29). The number of ether oxygens (including phenoxy) is 2. The number of rotatable bonds is 5. The Kier molecular flexibility index (Phi) is 6.18. The lowest BCUT2D eigenvalue weighted by atomic mass is 9.97. The predicted octanol–water partition coefficient (Wildman–Crippen LogP) is 3.95. The van der Waals surface area contributed by atoms with Crippen molar-refractivity contribution < 1.29 is 23.9 Å². The predicted molar refractivity (Wildman–Crippen MR) is 120 cm³/mol. The van der Waals surface area contributed by atoms with Crippen molar-refractivity contribution in [1.29, 1.82) is 0 Å². The highest BCUT2D eigenvalue weighted by Gasteiger charge is 2.23. The summed E-state index contributed by atoms with van der Waals surface area (Å²) < 4.78 is 10.7. The maximum Gasteiger partial charge on any atom is 0.308 e. The van der Waals surface area contributed by atoms with Crippen LogP contribution in [0.3, 0.4) is 0 Å². The highest BCUT2D eigenvalue weighted by atomic mass is 32.1. The molecule has 164 valence electrons. The highest BCUT2D eigenvalue weighted by Crippen LogP contribution is 2.36. The maximum atomic E-state index is 12.5. The molecule has 0 spiro atoms. The minimum absolute atomic E-state index is 0.0900. The van der Waals surface area contributed by atoms with Crippen LogP contribution >= 0.6 is 11.3 Å². The second-order valence-corrected chi connectivity index (χ2v) is 8.11. The van der Waals surface area contributed by atoms with Crippen LogP contribution < -0.4 is 20.1 Å². The fourth-order valence-corrected chi connectivity index (χ4v) is 4.14. The molecule has 1 unspecified atom stereocenters. The average Bonchev–Trinajstić information content (AvgIpc) is 3.22. The third-order valence-electron chi connectivity index (χ3n) is 4.83. The van der Waals surface area contributed by atoms with E-state index in [1.807, 2.05) is 23.6 Å². The summed E-state index contributed by atoms with van der Waals surface area (Å²) in [4.78, 5) is 39.6. The Morgan fingerprint density at radius 3 is 2.62 bits per heavy atom. The van der Waals surface area contributed by atoms with Gasteiger partial charge in [0.05, 0.1) is 18.3 Å². The van der Waals surface area contributed by atoms with Crippen molar-refractivity contribution in [3.63, 3.8) is 0 Å². The van der Waals surface area contributed by atoms with Crippen LogP contribution in [0.1, 0.15) is 42.2 Å². The smallest absolute Gasteiger partial charge is 0.308 e. The molecule has 2 heterocycles. The molecule has 4 rings (SSSR count). The first-order chi connectivity index (χ1) is 15.4. The van der Waals surface area contributed by atoms with Gasteiger partial charge in [-0.15, -0.1) is 11.3 Å². The Hall–Kier alpha value is -3.72. The van der Waals surface area contributed by atoms with Crippen molar-refractivity contribution in [3.8, 4) is 22.8 Å². The van der Waals surface area contributed by atoms with Crippen LogP contribution in [-0.4, -0.2) is 29.4 Å². The summed E-state index contributed by atoms with van der Waals surface area (Å²) in [5.41, 5.74) is 2.91. The van der Waals surface area contributed by atoms with Gasteiger partial charge in [0.2, 0.25) is 5.91 Å². The summed E-state index contributed by atoms with van der Waals surface area (Å²) in [6, 6.07) is 11.9. The molecule has 1 aliphatic rings. The van der Waals surface area contributed by atoms with E-state index in [1.54, 1.807) is 24.3 Å². The zero-order valence-corrected chi connectivity index (χ0v) is 18.3. The van der Waals surface area contributed by atoms with E-state index in [9.17, 15) is 14.4 Å². The van der Waals surface area contributed by atoms with Crippen molar-refractivity contribution in [2.45, 2.75) is 26.3 Å². The van der Waals surface area contributed by atoms with Gasteiger partial charge in [0, 0.05) is 42.3 Å². The number of anilines is 1. The first kappa shape index (κ1) is 21.5. The van der Waals surface area contributed by atoms with E-state index in [0.717, 1.165) is 16.9 Å². The molecule has 0 radical (unpaired) electrons. The molecule has 2 aromatic carbocycles. The molecule has 0 saturated heterocycles. The molecule has 1 aliphatic heterocycles. The largest absolute Gasteiger partial charge is 0.493 e. The summed E-state index contributed by atoms with van der Waals surface area (Å²) in [5, 5.41) is 8.06. The highest BCUT2D eigenvalue weighted by molar-refractivity contribution is 7.14. The van der Waals surface area contributed by atoms with E-state index < -0.39 is 5.97 Å². The molecular formula is C23H21N3O5S. The number of aromatic nitrogens is 1. The number of hydrogen-bond donors (Lipinski definition) is 2. The number of carbonyl (C=O) groups excluding carboxylic acids is 3. The van der Waals surface area contributed by atoms with Crippen LogP contribution in [0.25, 0.3) is 11.3 Å². The number of hydrogen-bond acceptors (Lipinski definition) is 7. The molecule has 0 saturated carbocycles. The number of fused-ring (bicyclic) bond motifs is 1. The van der Waals surface area contributed by atoms with Gasteiger partial charge in [-0.25, -0.2) is 4.98 Å². The van der Waals surface area contributed by atoms with Crippen LogP contribution in [0, 0.1) is 0 Å². The lowest BCUT2D eigenvalue weighted by molar-refractivity contribution is -0.131. The lowest BCUT2D eigenvalue weighted by Crippen LogP contribution is -2.30. The monoisotopic (exact) mass is 451 g/mol. The van der Waals surface area contributed by atoms with E-state index in [-0.39, 0.29) is 17.9 Å². The molecule has 1 atom stereocenters. The van der Waals surface area contributed by atoms with Crippen molar-refractivity contribution in [2.24, 2.45) is 0 Å². The van der Waals surface area contributed by atoms with Gasteiger partial charge in [-0.1, -0.05) is 0 Å². The molecule has 0 aliphatic carbocycles. The minimum Gasteiger partial charge on any atom is -0.493 e. The Morgan fingerprint density at radius 2 is 1.91 bits per heavy atom. The molecule has 0 bridgehead atoms. The van der Waals surface area contributed by atoms with Gasteiger partial charge in [0.15, 0.2) is 5.13 Å². The van der Waals surface area contributed by atoms with Crippen molar-refractivity contribution >= 4 is 34.3 Å². The Bertz CT molecular complexity index is 1170. The summed E-state index contributed by atoms with van der Waals surface area (Å²) in [5.74, 6) is 0.298. The number of amides is 2. The fraction of sp³-hybridized carbons (Fsp3) is 0.217. The fourth-order valence-electron chi connectivity index (χ4n) is 3.42. The van der Waals surface area contributed by atoms with Gasteiger partial charge in [0.1, 0.15) is 11.5 Å². The number of nitrogens with one attached hydrogen (secondary N) is 2. The van der Waals surface area contributed by atoms with Gasteiger partial charge in [-0.3, -0.25) is 19.7 Å². The Morgan fingerprint density at radius 1 is 1.12 bits per heavy atom. The Balaban J connectivity index is 1.48. The number of esters is 1. The zero-order chi connectivity index (χ0) is 22.7. The van der Waals surface area contributed by atoms with Gasteiger partial charge in [-0.05, 0) is 42.5 Å². The summed E-state index contributed by atoms with van der Waals surface area (Å²) in [7, 11) is 0. The van der Waals surface area contributed by atoms with Gasteiger partial charge in [-0.2, -0.15) is 0 Å². The van der Waals surface area contributed by atoms with E-state index in [1.165, 1.54) is 25.2 Å². The lowest BCUT2D eigenvalue weighted by Gasteiger charge is -2.26. The summed E-state index contributed by atoms with van der Waals surface area (Å²) in [6.45, 7) is 3.36. The molecule has 8 nitrogen and oxygen atoms in total. The number of benzene rings is 2. The normalized spacial score (nSPS) is 14.6. The SMILES string of the molecule is CC(=O)NC1CCOc2ccc(-c3csc(NC(=O)c4ccc(OC(C)=O)cc4)n3)cc21. The number of nitrogens with zero attached hydrogens (tertiary/aromatic N) is 1. The first-order valence-electron chi connectivity index (χ1n) is 9.98. The molecule has 2 N–H and O–H groups in total.